The standard InChI is InChI=1S/C19H20FNO4/c1-12-3-4-14(10-17(12)20)19(23)21-7-5-15(6-8-21)25-16-9-13(2)24-18(22)11-16/h3-4,9-11,15H,5-8H2,1-2H3. The molecule has 6 heteroatoms. The van der Waals surface area contributed by atoms with Crippen LogP contribution in [0.25, 0.3) is 0 Å². The molecule has 5 nitrogen and oxygen atoms in total. The maximum absolute atomic E-state index is 13.7. The molecule has 25 heavy (non-hydrogen) atoms. The van der Waals surface area contributed by atoms with Gasteiger partial charge in [0.05, 0.1) is 6.07 Å². The second-order valence-electron chi connectivity index (χ2n) is 6.30. The quantitative estimate of drug-likeness (QED) is 0.858. The van der Waals surface area contributed by atoms with Gasteiger partial charge in [-0.25, -0.2) is 9.18 Å². The normalized spacial score (nSPS) is 15.2. The maximum atomic E-state index is 13.7. The molecule has 0 spiro atoms. The lowest BCUT2D eigenvalue weighted by atomic mass is 10.1. The van der Waals surface area contributed by atoms with E-state index in [0.717, 1.165) is 0 Å². The molecule has 132 valence electrons. The summed E-state index contributed by atoms with van der Waals surface area (Å²) < 4.78 is 24.4. The van der Waals surface area contributed by atoms with Crippen molar-refractivity contribution in [1.29, 1.82) is 0 Å². The van der Waals surface area contributed by atoms with Crippen molar-refractivity contribution in [2.24, 2.45) is 0 Å². The fourth-order valence-electron chi connectivity index (χ4n) is 2.92. The van der Waals surface area contributed by atoms with Crippen molar-refractivity contribution < 1.29 is 18.3 Å². The average Bonchev–Trinajstić information content (AvgIpc) is 2.56. The van der Waals surface area contributed by atoms with Crippen molar-refractivity contribution in [3.63, 3.8) is 0 Å². The number of halogens is 1. The van der Waals surface area contributed by atoms with Crippen LogP contribution in [0, 0.1) is 19.7 Å². The summed E-state index contributed by atoms with van der Waals surface area (Å²) in [5.74, 6) is 0.437. The zero-order valence-corrected chi connectivity index (χ0v) is 14.3. The zero-order chi connectivity index (χ0) is 18.0. The molecule has 1 aliphatic heterocycles. The molecular formula is C19H20FNO4. The number of amides is 1. The molecule has 3 rings (SSSR count). The lowest BCUT2D eigenvalue weighted by Crippen LogP contribution is -2.41. The van der Waals surface area contributed by atoms with Crippen molar-refractivity contribution >= 4 is 5.91 Å². The summed E-state index contributed by atoms with van der Waals surface area (Å²) in [5, 5.41) is 0. The first kappa shape index (κ1) is 17.2. The van der Waals surface area contributed by atoms with Crippen LogP contribution in [0.2, 0.25) is 0 Å². The molecule has 0 N–H and O–H groups in total. The van der Waals surface area contributed by atoms with Gasteiger partial charge >= 0.3 is 5.63 Å². The highest BCUT2D eigenvalue weighted by atomic mass is 19.1. The summed E-state index contributed by atoms with van der Waals surface area (Å²) in [7, 11) is 0. The number of nitrogens with zero attached hydrogens (tertiary/aromatic N) is 1. The first-order valence-corrected chi connectivity index (χ1v) is 8.26. The van der Waals surface area contributed by atoms with E-state index in [-0.39, 0.29) is 17.8 Å². The highest BCUT2D eigenvalue weighted by molar-refractivity contribution is 5.94. The summed E-state index contributed by atoms with van der Waals surface area (Å²) in [5.41, 5.74) is 0.439. The molecule has 0 aliphatic carbocycles. The largest absolute Gasteiger partial charge is 0.490 e. The third kappa shape index (κ3) is 4.07. The number of carbonyl (C=O) groups is 1. The van der Waals surface area contributed by atoms with Crippen LogP contribution in [0.1, 0.15) is 34.5 Å². The SMILES string of the molecule is Cc1cc(OC2CCN(C(=O)c3ccc(C)c(F)c3)CC2)cc(=O)o1. The van der Waals surface area contributed by atoms with E-state index in [1.165, 1.54) is 12.1 Å². The molecule has 1 aliphatic rings. The number of ether oxygens (including phenoxy) is 1. The van der Waals surface area contributed by atoms with Crippen molar-refractivity contribution in [2.45, 2.75) is 32.8 Å². The van der Waals surface area contributed by atoms with Gasteiger partial charge in [0, 0.05) is 37.6 Å². The summed E-state index contributed by atoms with van der Waals surface area (Å²) >= 11 is 0. The lowest BCUT2D eigenvalue weighted by molar-refractivity contribution is 0.0594. The van der Waals surface area contributed by atoms with Crippen LogP contribution in [0.4, 0.5) is 4.39 Å². The second kappa shape index (κ2) is 7.09. The van der Waals surface area contributed by atoms with Crippen LogP contribution in [-0.2, 0) is 0 Å². The lowest BCUT2D eigenvalue weighted by Gasteiger charge is -2.32. The predicted molar refractivity (Wildman–Crippen MR) is 90.4 cm³/mol. The summed E-state index contributed by atoms with van der Waals surface area (Å²) in [4.78, 5) is 25.6. The van der Waals surface area contributed by atoms with E-state index in [9.17, 15) is 14.0 Å². The molecule has 2 aromatic rings. The van der Waals surface area contributed by atoms with Crippen LogP contribution in [0.3, 0.4) is 0 Å². The monoisotopic (exact) mass is 345 g/mol. The fourth-order valence-corrected chi connectivity index (χ4v) is 2.92. The van der Waals surface area contributed by atoms with E-state index in [2.05, 4.69) is 0 Å². The number of benzene rings is 1. The third-order valence-electron chi connectivity index (χ3n) is 4.32. The Kier molecular flexibility index (Phi) is 4.88. The van der Waals surface area contributed by atoms with Crippen LogP contribution in [-0.4, -0.2) is 30.0 Å². The molecule has 1 aromatic heterocycles. The highest BCUT2D eigenvalue weighted by Gasteiger charge is 2.25. The summed E-state index contributed by atoms with van der Waals surface area (Å²) in [6.45, 7) is 4.41. The number of carbonyl (C=O) groups excluding carboxylic acids is 1. The first-order valence-electron chi connectivity index (χ1n) is 8.26. The summed E-state index contributed by atoms with van der Waals surface area (Å²) in [6.07, 6.45) is 1.23. The number of aryl methyl sites for hydroxylation is 2. The van der Waals surface area contributed by atoms with Crippen molar-refractivity contribution in [3.8, 4) is 5.75 Å². The Labute approximate surface area is 145 Å². The van der Waals surface area contributed by atoms with E-state index in [0.29, 0.717) is 48.6 Å². The third-order valence-corrected chi connectivity index (χ3v) is 4.32. The van der Waals surface area contributed by atoms with Gasteiger partial charge in [0.25, 0.3) is 5.91 Å². The van der Waals surface area contributed by atoms with Gasteiger partial charge in [-0.3, -0.25) is 4.79 Å². The van der Waals surface area contributed by atoms with E-state index < -0.39 is 5.63 Å². The van der Waals surface area contributed by atoms with Crippen LogP contribution in [0.5, 0.6) is 5.75 Å². The Hall–Kier alpha value is -2.63. The smallest absolute Gasteiger partial charge is 0.339 e. The zero-order valence-electron chi connectivity index (χ0n) is 14.3. The average molecular weight is 345 g/mol. The Morgan fingerprint density at radius 2 is 1.92 bits per heavy atom. The number of likely N-dealkylation sites (tertiary alicyclic amines) is 1. The van der Waals surface area contributed by atoms with Crippen LogP contribution >= 0.6 is 0 Å². The summed E-state index contributed by atoms with van der Waals surface area (Å²) in [6, 6.07) is 7.54. The van der Waals surface area contributed by atoms with Crippen LogP contribution in [0.15, 0.2) is 39.5 Å². The van der Waals surface area contributed by atoms with Gasteiger partial charge < -0.3 is 14.1 Å². The molecule has 0 radical (unpaired) electrons. The molecule has 0 unspecified atom stereocenters. The minimum atomic E-state index is -0.441. The van der Waals surface area contributed by atoms with E-state index in [1.807, 2.05) is 0 Å². The van der Waals surface area contributed by atoms with Gasteiger partial charge in [-0.15, -0.1) is 0 Å². The maximum Gasteiger partial charge on any atom is 0.339 e. The van der Waals surface area contributed by atoms with Gasteiger partial charge in [-0.1, -0.05) is 6.07 Å². The van der Waals surface area contributed by atoms with Crippen LogP contribution < -0.4 is 10.4 Å². The Morgan fingerprint density at radius 1 is 1.20 bits per heavy atom. The van der Waals surface area contributed by atoms with Crippen molar-refractivity contribution in [1.82, 2.24) is 4.90 Å². The van der Waals surface area contributed by atoms with E-state index >= 15 is 0 Å². The topological polar surface area (TPSA) is 59.8 Å². The highest BCUT2D eigenvalue weighted by Crippen LogP contribution is 2.20. The molecular weight excluding hydrogens is 325 g/mol. The molecule has 2 heterocycles. The second-order valence-corrected chi connectivity index (χ2v) is 6.30. The number of hydrogen-bond donors (Lipinski definition) is 0. The minimum absolute atomic E-state index is 0.0694. The van der Waals surface area contributed by atoms with Gasteiger partial charge in [0.15, 0.2) is 0 Å². The Balaban J connectivity index is 1.60. The van der Waals surface area contributed by atoms with Gasteiger partial charge in [0.1, 0.15) is 23.4 Å². The fraction of sp³-hybridized carbons (Fsp3) is 0.368. The predicted octanol–water partition coefficient (Wildman–Crippen LogP) is 3.08. The Bertz CT molecular complexity index is 838. The van der Waals surface area contributed by atoms with Crippen molar-refractivity contribution in [3.05, 3.63) is 63.5 Å². The van der Waals surface area contributed by atoms with Gasteiger partial charge in [-0.05, 0) is 31.5 Å². The minimum Gasteiger partial charge on any atom is -0.490 e. The molecule has 1 saturated heterocycles. The molecule has 1 amide bonds. The molecule has 0 bridgehead atoms. The van der Waals surface area contributed by atoms with Crippen molar-refractivity contribution in [2.75, 3.05) is 13.1 Å². The molecule has 1 fully saturated rings. The van der Waals surface area contributed by atoms with E-state index in [1.54, 1.807) is 36.9 Å². The van der Waals surface area contributed by atoms with E-state index in [4.69, 9.17) is 9.15 Å². The Morgan fingerprint density at radius 3 is 2.56 bits per heavy atom. The molecule has 0 saturated carbocycles. The number of rotatable bonds is 3. The number of piperidine rings is 1. The molecule has 1 aromatic carbocycles. The first-order chi connectivity index (χ1) is 11.9. The number of hydrogen-bond acceptors (Lipinski definition) is 4. The van der Waals surface area contributed by atoms with Gasteiger partial charge in [0.2, 0.25) is 0 Å². The van der Waals surface area contributed by atoms with Gasteiger partial charge in [-0.2, -0.15) is 0 Å². The molecule has 0 atom stereocenters.